The predicted octanol–water partition coefficient (Wildman–Crippen LogP) is 2.57. The lowest BCUT2D eigenvalue weighted by Gasteiger charge is -2.13. The number of sulfonamides is 1. The third kappa shape index (κ3) is 5.71. The molecular weight excluding hydrogens is 430 g/mol. The van der Waals surface area contributed by atoms with Crippen LogP contribution in [-0.4, -0.2) is 33.9 Å². The van der Waals surface area contributed by atoms with Crippen LogP contribution in [0.25, 0.3) is 0 Å². The SMILES string of the molecule is COc1ccc(C(=O)Nc2ccc(C(N)=O)cc2)cc1S(=O)(=O)NCCc1ccccc1. The first kappa shape index (κ1) is 23.0. The maximum absolute atomic E-state index is 12.9. The van der Waals surface area contributed by atoms with Crippen LogP contribution in [0.5, 0.6) is 5.75 Å². The standard InChI is InChI=1S/C23H23N3O5S/c1-31-20-12-9-18(23(28)26-19-10-7-17(8-11-19)22(24)27)15-21(20)32(29,30)25-14-13-16-5-3-2-4-6-16/h2-12,15,25H,13-14H2,1H3,(H2,24,27)(H,26,28). The lowest BCUT2D eigenvalue weighted by Crippen LogP contribution is -2.27. The average molecular weight is 454 g/mol. The number of carbonyl (C=O) groups is 2. The summed E-state index contributed by atoms with van der Waals surface area (Å²) in [5.41, 5.74) is 7.08. The summed E-state index contributed by atoms with van der Waals surface area (Å²) in [6.45, 7) is 0.193. The van der Waals surface area contributed by atoms with E-state index in [1.807, 2.05) is 30.3 Å². The molecule has 3 aromatic rings. The molecule has 4 N–H and O–H groups in total. The van der Waals surface area contributed by atoms with Gasteiger partial charge in [0.1, 0.15) is 10.6 Å². The molecule has 3 rings (SSSR count). The fourth-order valence-electron chi connectivity index (χ4n) is 3.00. The zero-order chi connectivity index (χ0) is 23.1. The molecule has 3 aromatic carbocycles. The quantitative estimate of drug-likeness (QED) is 0.459. The van der Waals surface area contributed by atoms with Crippen molar-refractivity contribution in [1.29, 1.82) is 0 Å². The first-order valence-corrected chi connectivity index (χ1v) is 11.2. The van der Waals surface area contributed by atoms with Crippen molar-refractivity contribution in [1.82, 2.24) is 4.72 Å². The van der Waals surface area contributed by atoms with Crippen molar-refractivity contribution < 1.29 is 22.7 Å². The summed E-state index contributed by atoms with van der Waals surface area (Å²) in [6, 6.07) is 19.7. The number of benzene rings is 3. The normalized spacial score (nSPS) is 11.0. The summed E-state index contributed by atoms with van der Waals surface area (Å²) in [4.78, 5) is 23.7. The highest BCUT2D eigenvalue weighted by molar-refractivity contribution is 7.89. The van der Waals surface area contributed by atoms with E-state index in [9.17, 15) is 18.0 Å². The highest BCUT2D eigenvalue weighted by atomic mass is 32.2. The first-order valence-electron chi connectivity index (χ1n) is 9.73. The molecule has 0 aromatic heterocycles. The molecule has 0 saturated heterocycles. The van der Waals surface area contributed by atoms with Crippen molar-refractivity contribution in [2.45, 2.75) is 11.3 Å². The smallest absolute Gasteiger partial charge is 0.255 e. The van der Waals surface area contributed by atoms with Gasteiger partial charge in [0.2, 0.25) is 15.9 Å². The number of anilines is 1. The number of amides is 2. The molecule has 0 saturated carbocycles. The summed E-state index contributed by atoms with van der Waals surface area (Å²) in [5, 5.41) is 2.66. The van der Waals surface area contributed by atoms with Crippen molar-refractivity contribution in [3.63, 3.8) is 0 Å². The number of nitrogens with one attached hydrogen (secondary N) is 2. The van der Waals surface area contributed by atoms with Crippen LogP contribution in [0.4, 0.5) is 5.69 Å². The van der Waals surface area contributed by atoms with Gasteiger partial charge in [-0.05, 0) is 54.4 Å². The van der Waals surface area contributed by atoms with Gasteiger partial charge in [-0.25, -0.2) is 13.1 Å². The molecule has 32 heavy (non-hydrogen) atoms. The van der Waals surface area contributed by atoms with Crippen molar-refractivity contribution in [2.24, 2.45) is 5.73 Å². The average Bonchev–Trinajstić information content (AvgIpc) is 2.79. The molecular formula is C23H23N3O5S. The fraction of sp³-hybridized carbons (Fsp3) is 0.130. The van der Waals surface area contributed by atoms with Crippen molar-refractivity contribution in [3.05, 3.63) is 89.5 Å². The molecule has 8 nitrogen and oxygen atoms in total. The fourth-order valence-corrected chi connectivity index (χ4v) is 4.23. The Hall–Kier alpha value is -3.69. The number of ether oxygens (including phenoxy) is 1. The predicted molar refractivity (Wildman–Crippen MR) is 121 cm³/mol. The van der Waals surface area contributed by atoms with Gasteiger partial charge in [0, 0.05) is 23.4 Å². The third-order valence-corrected chi connectivity index (χ3v) is 6.17. The minimum atomic E-state index is -3.92. The zero-order valence-corrected chi connectivity index (χ0v) is 18.2. The van der Waals surface area contributed by atoms with Gasteiger partial charge in [-0.15, -0.1) is 0 Å². The number of methoxy groups -OCH3 is 1. The van der Waals surface area contributed by atoms with Crippen LogP contribution in [0.3, 0.4) is 0 Å². The Morgan fingerprint density at radius 3 is 2.22 bits per heavy atom. The van der Waals surface area contributed by atoms with Gasteiger partial charge in [-0.2, -0.15) is 0 Å². The Labute approximate surface area is 186 Å². The maximum atomic E-state index is 12.9. The van der Waals surface area contributed by atoms with E-state index in [0.29, 0.717) is 17.7 Å². The number of primary amides is 1. The van der Waals surface area contributed by atoms with Gasteiger partial charge in [-0.3, -0.25) is 9.59 Å². The van der Waals surface area contributed by atoms with Gasteiger partial charge in [0.25, 0.3) is 5.91 Å². The second-order valence-corrected chi connectivity index (χ2v) is 8.63. The maximum Gasteiger partial charge on any atom is 0.255 e. The molecule has 0 fully saturated rings. The van der Waals surface area contributed by atoms with E-state index < -0.39 is 21.8 Å². The second kappa shape index (κ2) is 10.1. The van der Waals surface area contributed by atoms with E-state index in [-0.39, 0.29) is 22.8 Å². The molecule has 0 radical (unpaired) electrons. The molecule has 0 heterocycles. The highest BCUT2D eigenvalue weighted by Crippen LogP contribution is 2.25. The van der Waals surface area contributed by atoms with Gasteiger partial charge in [0.05, 0.1) is 7.11 Å². The summed E-state index contributed by atoms with van der Waals surface area (Å²) < 4.78 is 33.5. The van der Waals surface area contributed by atoms with Gasteiger partial charge in [-0.1, -0.05) is 30.3 Å². The number of hydrogen-bond donors (Lipinski definition) is 3. The van der Waals surface area contributed by atoms with Crippen LogP contribution in [0.2, 0.25) is 0 Å². The van der Waals surface area contributed by atoms with Crippen LogP contribution in [0.1, 0.15) is 26.3 Å². The molecule has 166 valence electrons. The number of carbonyl (C=O) groups excluding carboxylic acids is 2. The molecule has 9 heteroatoms. The summed E-state index contributed by atoms with van der Waals surface area (Å²) in [5.74, 6) is -0.965. The molecule has 0 unspecified atom stereocenters. The largest absolute Gasteiger partial charge is 0.495 e. The Kier molecular flexibility index (Phi) is 7.24. The molecule has 0 aliphatic rings. The Balaban J connectivity index is 1.76. The molecule has 0 bridgehead atoms. The van der Waals surface area contributed by atoms with Crippen LogP contribution >= 0.6 is 0 Å². The summed E-state index contributed by atoms with van der Waals surface area (Å²) in [7, 11) is -2.56. The van der Waals surface area contributed by atoms with Crippen molar-refractivity contribution in [2.75, 3.05) is 19.0 Å². The molecule has 0 atom stereocenters. The van der Waals surface area contributed by atoms with E-state index in [2.05, 4.69) is 10.0 Å². The van der Waals surface area contributed by atoms with Crippen LogP contribution in [0.15, 0.2) is 77.7 Å². The second-order valence-electron chi connectivity index (χ2n) is 6.89. The molecule has 0 aliphatic carbocycles. The lowest BCUT2D eigenvalue weighted by atomic mass is 10.1. The van der Waals surface area contributed by atoms with Crippen molar-refractivity contribution in [3.8, 4) is 5.75 Å². The van der Waals surface area contributed by atoms with E-state index >= 15 is 0 Å². The van der Waals surface area contributed by atoms with Crippen molar-refractivity contribution >= 4 is 27.5 Å². The molecule has 0 aliphatic heterocycles. The molecule has 2 amide bonds. The monoisotopic (exact) mass is 453 g/mol. The summed E-state index contributed by atoms with van der Waals surface area (Å²) >= 11 is 0. The molecule has 0 spiro atoms. The third-order valence-electron chi connectivity index (χ3n) is 4.69. The Bertz CT molecular complexity index is 1210. The van der Waals surface area contributed by atoms with E-state index in [1.54, 1.807) is 0 Å². The van der Waals surface area contributed by atoms with Crippen LogP contribution in [0, 0.1) is 0 Å². The van der Waals surface area contributed by atoms with Gasteiger partial charge >= 0.3 is 0 Å². The van der Waals surface area contributed by atoms with Crippen LogP contribution < -0.4 is 20.5 Å². The van der Waals surface area contributed by atoms with Gasteiger partial charge in [0.15, 0.2) is 0 Å². The first-order chi connectivity index (χ1) is 15.3. The minimum absolute atomic E-state index is 0.125. The zero-order valence-electron chi connectivity index (χ0n) is 17.4. The Morgan fingerprint density at radius 1 is 0.938 bits per heavy atom. The topological polar surface area (TPSA) is 128 Å². The van der Waals surface area contributed by atoms with E-state index in [0.717, 1.165) is 5.56 Å². The lowest BCUT2D eigenvalue weighted by molar-refractivity contribution is 0.0998. The van der Waals surface area contributed by atoms with E-state index in [1.165, 1.54) is 49.6 Å². The van der Waals surface area contributed by atoms with E-state index in [4.69, 9.17) is 10.5 Å². The van der Waals surface area contributed by atoms with Gasteiger partial charge < -0.3 is 15.8 Å². The number of hydrogen-bond acceptors (Lipinski definition) is 5. The van der Waals surface area contributed by atoms with Crippen LogP contribution in [-0.2, 0) is 16.4 Å². The number of nitrogens with two attached hydrogens (primary N) is 1. The summed E-state index contributed by atoms with van der Waals surface area (Å²) in [6.07, 6.45) is 0.518. The highest BCUT2D eigenvalue weighted by Gasteiger charge is 2.21. The Morgan fingerprint density at radius 2 is 1.59 bits per heavy atom. The minimum Gasteiger partial charge on any atom is -0.495 e. The number of rotatable bonds is 9.